The third-order valence-corrected chi connectivity index (χ3v) is 2.43. The minimum absolute atomic E-state index is 0.447. The lowest BCUT2D eigenvalue weighted by Crippen LogP contribution is -1.90. The highest BCUT2D eigenvalue weighted by Crippen LogP contribution is 2.25. The van der Waals surface area contributed by atoms with Crippen molar-refractivity contribution < 1.29 is 5.11 Å². The van der Waals surface area contributed by atoms with Gasteiger partial charge in [0.05, 0.1) is 0 Å². The van der Waals surface area contributed by atoms with Crippen LogP contribution in [0.15, 0.2) is 23.8 Å². The van der Waals surface area contributed by atoms with Crippen LogP contribution in [0.5, 0.6) is 5.75 Å². The van der Waals surface area contributed by atoms with Crippen LogP contribution in [0.4, 0.5) is 0 Å². The fraction of sp³-hybridized carbons (Fsp3) is 0.385. The van der Waals surface area contributed by atoms with Crippen LogP contribution in [0.2, 0.25) is 0 Å². The molecule has 0 saturated heterocycles. The second-order valence-electron chi connectivity index (χ2n) is 4.01. The molecule has 1 N–H and O–H groups in total. The lowest BCUT2D eigenvalue weighted by atomic mass is 10.0. The van der Waals surface area contributed by atoms with Crippen molar-refractivity contribution in [2.24, 2.45) is 0 Å². The summed E-state index contributed by atoms with van der Waals surface area (Å²) >= 11 is 0. The second-order valence-corrected chi connectivity index (χ2v) is 4.01. The van der Waals surface area contributed by atoms with Gasteiger partial charge >= 0.3 is 0 Å². The van der Waals surface area contributed by atoms with Crippen LogP contribution >= 0.6 is 0 Å². The summed E-state index contributed by atoms with van der Waals surface area (Å²) in [5, 5.41) is 9.86. The summed E-state index contributed by atoms with van der Waals surface area (Å²) in [6.45, 7) is 8.11. The molecule has 0 spiro atoms. The Balaban J connectivity index is 3.07. The fourth-order valence-electron chi connectivity index (χ4n) is 1.42. The van der Waals surface area contributed by atoms with Crippen molar-refractivity contribution >= 4 is 0 Å². The van der Waals surface area contributed by atoms with Gasteiger partial charge in [0.2, 0.25) is 0 Å². The number of phenols is 1. The number of rotatable bonds is 2. The molecule has 0 saturated carbocycles. The average molecular weight is 190 g/mol. The second kappa shape index (κ2) is 4.32. The van der Waals surface area contributed by atoms with Crippen molar-refractivity contribution in [3.63, 3.8) is 0 Å². The fourth-order valence-corrected chi connectivity index (χ4v) is 1.42. The molecular formula is C13H18O. The van der Waals surface area contributed by atoms with E-state index in [0.717, 1.165) is 23.1 Å². The molecule has 0 heterocycles. The van der Waals surface area contributed by atoms with Gasteiger partial charge in [-0.2, -0.15) is 0 Å². The lowest BCUT2D eigenvalue weighted by molar-refractivity contribution is 0.465. The van der Waals surface area contributed by atoms with E-state index in [9.17, 15) is 5.11 Å². The maximum Gasteiger partial charge on any atom is 0.122 e. The number of allylic oxidation sites excluding steroid dienone is 2. The van der Waals surface area contributed by atoms with Crippen LogP contribution in [-0.4, -0.2) is 5.11 Å². The van der Waals surface area contributed by atoms with E-state index in [4.69, 9.17) is 0 Å². The molecule has 76 valence electrons. The van der Waals surface area contributed by atoms with Crippen molar-refractivity contribution in [1.82, 2.24) is 0 Å². The number of aromatic hydroxyl groups is 1. The molecule has 0 aliphatic carbocycles. The zero-order valence-electron chi connectivity index (χ0n) is 9.39. The number of hydrogen-bond acceptors (Lipinski definition) is 1. The van der Waals surface area contributed by atoms with Crippen molar-refractivity contribution in [3.8, 4) is 5.75 Å². The third kappa shape index (κ3) is 2.38. The Labute approximate surface area is 86.1 Å². The Morgan fingerprint density at radius 3 is 2.36 bits per heavy atom. The summed E-state index contributed by atoms with van der Waals surface area (Å²) in [5.74, 6) is 0.447. The summed E-state index contributed by atoms with van der Waals surface area (Å²) < 4.78 is 0. The summed E-state index contributed by atoms with van der Waals surface area (Å²) in [7, 11) is 0. The van der Waals surface area contributed by atoms with Crippen molar-refractivity contribution in [1.29, 1.82) is 0 Å². The highest BCUT2D eigenvalue weighted by molar-refractivity contribution is 5.45. The van der Waals surface area contributed by atoms with Gasteiger partial charge in [-0.05, 0) is 45.2 Å². The molecule has 0 radical (unpaired) electrons. The first kappa shape index (κ1) is 10.8. The first-order valence-electron chi connectivity index (χ1n) is 4.93. The minimum Gasteiger partial charge on any atom is -0.507 e. The molecule has 0 atom stereocenters. The van der Waals surface area contributed by atoms with E-state index < -0.39 is 0 Å². The molecule has 14 heavy (non-hydrogen) atoms. The van der Waals surface area contributed by atoms with Crippen molar-refractivity contribution in [2.45, 2.75) is 34.1 Å². The van der Waals surface area contributed by atoms with E-state index in [1.165, 1.54) is 5.57 Å². The van der Waals surface area contributed by atoms with E-state index in [2.05, 4.69) is 26.0 Å². The van der Waals surface area contributed by atoms with Crippen LogP contribution in [0.3, 0.4) is 0 Å². The van der Waals surface area contributed by atoms with Gasteiger partial charge in [0.15, 0.2) is 0 Å². The normalized spacial score (nSPS) is 10.0. The Morgan fingerprint density at radius 2 is 1.79 bits per heavy atom. The molecule has 1 nitrogen and oxygen atoms in total. The molecule has 0 fully saturated rings. The van der Waals surface area contributed by atoms with E-state index in [-0.39, 0.29) is 0 Å². The smallest absolute Gasteiger partial charge is 0.122 e. The Morgan fingerprint density at radius 1 is 1.21 bits per heavy atom. The Bertz CT molecular complexity index is 358. The zero-order valence-corrected chi connectivity index (χ0v) is 9.39. The van der Waals surface area contributed by atoms with Gasteiger partial charge in [-0.1, -0.05) is 23.8 Å². The minimum atomic E-state index is 0.447. The van der Waals surface area contributed by atoms with Gasteiger partial charge in [0.25, 0.3) is 0 Å². The highest BCUT2D eigenvalue weighted by Gasteiger charge is 2.05. The number of hydrogen-bond donors (Lipinski definition) is 1. The number of benzene rings is 1. The van der Waals surface area contributed by atoms with E-state index >= 15 is 0 Å². The summed E-state index contributed by atoms with van der Waals surface area (Å²) in [5.41, 5.74) is 4.44. The van der Waals surface area contributed by atoms with E-state index in [1.807, 2.05) is 19.9 Å². The predicted octanol–water partition coefficient (Wildman–Crippen LogP) is 3.52. The summed E-state index contributed by atoms with van der Waals surface area (Å²) in [4.78, 5) is 0. The average Bonchev–Trinajstić information content (AvgIpc) is 2.11. The number of aryl methyl sites for hydroxylation is 2. The first-order valence-corrected chi connectivity index (χ1v) is 4.93. The van der Waals surface area contributed by atoms with Gasteiger partial charge in [-0.25, -0.2) is 0 Å². The molecule has 1 aromatic rings. The molecule has 0 amide bonds. The van der Waals surface area contributed by atoms with E-state index in [0.29, 0.717) is 5.75 Å². The molecule has 0 unspecified atom stereocenters. The topological polar surface area (TPSA) is 20.2 Å². The van der Waals surface area contributed by atoms with Crippen LogP contribution < -0.4 is 0 Å². The monoisotopic (exact) mass is 190 g/mol. The molecule has 0 aliphatic rings. The molecule has 0 aliphatic heterocycles. The van der Waals surface area contributed by atoms with Gasteiger partial charge in [-0.15, -0.1) is 0 Å². The zero-order chi connectivity index (χ0) is 10.7. The maximum absolute atomic E-state index is 9.86. The SMILES string of the molecule is CC(C)=CCc1c(C)ccc(C)c1O. The quantitative estimate of drug-likeness (QED) is 0.707. The summed E-state index contributed by atoms with van der Waals surface area (Å²) in [6, 6.07) is 4.01. The van der Waals surface area contributed by atoms with Crippen LogP contribution in [0.25, 0.3) is 0 Å². The van der Waals surface area contributed by atoms with E-state index in [1.54, 1.807) is 0 Å². The Hall–Kier alpha value is -1.24. The summed E-state index contributed by atoms with van der Waals surface area (Å²) in [6.07, 6.45) is 2.96. The molecule has 0 bridgehead atoms. The van der Waals surface area contributed by atoms with Crippen molar-refractivity contribution in [2.75, 3.05) is 0 Å². The molecule has 1 heteroatoms. The van der Waals surface area contributed by atoms with Gasteiger partial charge in [0, 0.05) is 5.56 Å². The molecule has 0 aromatic heterocycles. The van der Waals surface area contributed by atoms with Crippen molar-refractivity contribution in [3.05, 3.63) is 40.5 Å². The maximum atomic E-state index is 9.86. The standard InChI is InChI=1S/C13H18O/c1-9(2)5-8-12-10(3)6-7-11(4)13(12)14/h5-7,14H,8H2,1-4H3. The molecule has 1 rings (SSSR count). The first-order chi connectivity index (χ1) is 6.52. The van der Waals surface area contributed by atoms with Gasteiger partial charge in [-0.3, -0.25) is 0 Å². The molecule has 1 aromatic carbocycles. The van der Waals surface area contributed by atoms with Crippen LogP contribution in [0.1, 0.15) is 30.5 Å². The van der Waals surface area contributed by atoms with Crippen LogP contribution in [0, 0.1) is 13.8 Å². The highest BCUT2D eigenvalue weighted by atomic mass is 16.3. The predicted molar refractivity (Wildman–Crippen MR) is 60.7 cm³/mol. The molecular weight excluding hydrogens is 172 g/mol. The lowest BCUT2D eigenvalue weighted by Gasteiger charge is -2.08. The van der Waals surface area contributed by atoms with Crippen LogP contribution in [-0.2, 0) is 6.42 Å². The largest absolute Gasteiger partial charge is 0.507 e. The number of phenolic OH excluding ortho intramolecular Hbond substituents is 1. The third-order valence-electron chi connectivity index (χ3n) is 2.43. The van der Waals surface area contributed by atoms with Gasteiger partial charge < -0.3 is 5.11 Å². The Kier molecular flexibility index (Phi) is 3.34. The van der Waals surface area contributed by atoms with Gasteiger partial charge in [0.1, 0.15) is 5.75 Å².